The Balaban J connectivity index is 2.07. The van der Waals surface area contributed by atoms with E-state index < -0.39 is 28.5 Å². The van der Waals surface area contributed by atoms with Crippen LogP contribution in [-0.4, -0.2) is 51.4 Å². The van der Waals surface area contributed by atoms with Gasteiger partial charge in [0, 0.05) is 18.1 Å². The van der Waals surface area contributed by atoms with Crippen LogP contribution in [-0.2, 0) is 26.2 Å². The van der Waals surface area contributed by atoms with Crippen LogP contribution in [0.4, 0.5) is 5.69 Å². The molecule has 2 amide bonds. The maximum Gasteiger partial charge on any atom is 0.264 e. The Labute approximate surface area is 235 Å². The number of benzene rings is 3. The first-order valence-corrected chi connectivity index (χ1v) is 14.5. The summed E-state index contributed by atoms with van der Waals surface area (Å²) in [6.45, 7) is 5.36. The summed E-state index contributed by atoms with van der Waals surface area (Å²) in [5.74, 6) is -0.322. The number of methoxy groups -OCH3 is 1. The highest BCUT2D eigenvalue weighted by molar-refractivity contribution is 7.92. The van der Waals surface area contributed by atoms with Gasteiger partial charge in [0.1, 0.15) is 18.3 Å². The van der Waals surface area contributed by atoms with E-state index in [0.29, 0.717) is 29.3 Å². The van der Waals surface area contributed by atoms with Crippen LogP contribution in [0.25, 0.3) is 0 Å². The van der Waals surface area contributed by atoms with Crippen molar-refractivity contribution in [2.24, 2.45) is 0 Å². The molecule has 208 valence electrons. The quantitative estimate of drug-likeness (QED) is 0.337. The molecule has 0 saturated heterocycles. The van der Waals surface area contributed by atoms with Crippen molar-refractivity contribution in [1.82, 2.24) is 10.2 Å². The van der Waals surface area contributed by atoms with Gasteiger partial charge in [-0.25, -0.2) is 8.42 Å². The van der Waals surface area contributed by atoms with Crippen LogP contribution in [0.3, 0.4) is 0 Å². The van der Waals surface area contributed by atoms with Crippen molar-refractivity contribution in [2.75, 3.05) is 24.5 Å². The van der Waals surface area contributed by atoms with Gasteiger partial charge in [0.2, 0.25) is 11.8 Å². The number of rotatable bonds is 12. The number of carbonyl (C=O) groups excluding carboxylic acids is 2. The number of anilines is 1. The van der Waals surface area contributed by atoms with Crippen LogP contribution >= 0.6 is 11.6 Å². The predicted molar refractivity (Wildman–Crippen MR) is 153 cm³/mol. The van der Waals surface area contributed by atoms with Gasteiger partial charge in [0.05, 0.1) is 17.7 Å². The van der Waals surface area contributed by atoms with E-state index in [9.17, 15) is 18.0 Å². The maximum absolute atomic E-state index is 14.0. The van der Waals surface area contributed by atoms with Crippen LogP contribution < -0.4 is 14.4 Å². The molecule has 0 aliphatic heterocycles. The summed E-state index contributed by atoms with van der Waals surface area (Å²) in [5.41, 5.74) is 1.83. The fraction of sp³-hybridized carbons (Fsp3) is 0.310. The van der Waals surface area contributed by atoms with E-state index >= 15 is 0 Å². The number of hydrogen-bond donors (Lipinski definition) is 1. The number of ether oxygens (including phenoxy) is 1. The summed E-state index contributed by atoms with van der Waals surface area (Å²) in [6, 6.07) is 19.1. The summed E-state index contributed by atoms with van der Waals surface area (Å²) in [5, 5.41) is 3.22. The molecule has 0 heterocycles. The Morgan fingerprint density at radius 1 is 0.974 bits per heavy atom. The molecule has 0 spiro atoms. The number of aryl methyl sites for hydroxylation is 1. The molecule has 10 heteroatoms. The van der Waals surface area contributed by atoms with E-state index in [0.717, 1.165) is 9.87 Å². The van der Waals surface area contributed by atoms with Crippen LogP contribution in [0.5, 0.6) is 5.75 Å². The van der Waals surface area contributed by atoms with Crippen molar-refractivity contribution in [1.29, 1.82) is 0 Å². The SMILES string of the molecule is CCNC(=O)C(CC)N(Cc1ccccc1Cl)C(=O)CN(c1ccc(OC)cc1)S(=O)(=O)c1ccc(C)cc1. The molecule has 8 nitrogen and oxygen atoms in total. The zero-order chi connectivity index (χ0) is 28.6. The molecule has 0 aliphatic rings. The van der Waals surface area contributed by atoms with Crippen molar-refractivity contribution in [3.05, 3.63) is 88.9 Å². The number of likely N-dealkylation sites (N-methyl/N-ethyl adjacent to an activating group) is 1. The highest BCUT2D eigenvalue weighted by Crippen LogP contribution is 2.27. The zero-order valence-electron chi connectivity index (χ0n) is 22.6. The Kier molecular flexibility index (Phi) is 10.4. The smallest absolute Gasteiger partial charge is 0.264 e. The van der Waals surface area contributed by atoms with Crippen molar-refractivity contribution in [3.63, 3.8) is 0 Å². The second-order valence-corrected chi connectivity index (χ2v) is 11.2. The van der Waals surface area contributed by atoms with E-state index in [1.165, 1.54) is 24.1 Å². The molecule has 0 saturated carbocycles. The van der Waals surface area contributed by atoms with E-state index in [1.807, 2.05) is 6.92 Å². The van der Waals surface area contributed by atoms with Gasteiger partial charge in [0.25, 0.3) is 10.0 Å². The molecule has 0 aromatic heterocycles. The van der Waals surface area contributed by atoms with Gasteiger partial charge in [-0.3, -0.25) is 13.9 Å². The normalized spacial score (nSPS) is 11.9. The van der Waals surface area contributed by atoms with Gasteiger partial charge < -0.3 is 15.0 Å². The van der Waals surface area contributed by atoms with Crippen molar-refractivity contribution in [2.45, 2.75) is 44.7 Å². The third kappa shape index (κ3) is 7.30. The number of halogens is 1. The molecular weight excluding hydrogens is 538 g/mol. The average Bonchev–Trinajstić information content (AvgIpc) is 2.93. The molecule has 0 bridgehead atoms. The number of amides is 2. The summed E-state index contributed by atoms with van der Waals surface area (Å²) in [7, 11) is -2.63. The standard InChI is InChI=1S/C29H34ClN3O5S/c1-5-27(29(35)31-6-2)32(19-22-9-7-8-10-26(22)30)28(34)20-33(23-13-15-24(38-4)16-14-23)39(36,37)25-17-11-21(3)12-18-25/h7-18,27H,5-6,19-20H2,1-4H3,(H,31,35). The first kappa shape index (κ1) is 30.0. The van der Waals surface area contributed by atoms with Crippen LogP contribution in [0.15, 0.2) is 77.7 Å². The van der Waals surface area contributed by atoms with Gasteiger partial charge in [0.15, 0.2) is 0 Å². The lowest BCUT2D eigenvalue weighted by Crippen LogP contribution is -2.52. The highest BCUT2D eigenvalue weighted by Gasteiger charge is 2.33. The molecule has 3 rings (SSSR count). The molecule has 3 aromatic rings. The third-order valence-corrected chi connectivity index (χ3v) is 8.44. The first-order chi connectivity index (χ1) is 18.6. The Hall–Kier alpha value is -3.56. The number of sulfonamides is 1. The molecule has 0 radical (unpaired) electrons. The minimum Gasteiger partial charge on any atom is -0.497 e. The molecule has 0 aliphatic carbocycles. The predicted octanol–water partition coefficient (Wildman–Crippen LogP) is 4.80. The maximum atomic E-state index is 14.0. The van der Waals surface area contributed by atoms with Crippen LogP contribution in [0, 0.1) is 6.92 Å². The van der Waals surface area contributed by atoms with E-state index in [2.05, 4.69) is 5.32 Å². The van der Waals surface area contributed by atoms with E-state index in [4.69, 9.17) is 16.3 Å². The first-order valence-electron chi connectivity index (χ1n) is 12.7. The van der Waals surface area contributed by atoms with Crippen molar-refractivity contribution < 1.29 is 22.7 Å². The van der Waals surface area contributed by atoms with E-state index in [-0.39, 0.29) is 23.0 Å². The Morgan fingerprint density at radius 3 is 2.18 bits per heavy atom. The number of nitrogens with one attached hydrogen (secondary N) is 1. The van der Waals surface area contributed by atoms with E-state index in [1.54, 1.807) is 74.5 Å². The summed E-state index contributed by atoms with van der Waals surface area (Å²) >= 11 is 6.40. The zero-order valence-corrected chi connectivity index (χ0v) is 24.1. The Morgan fingerprint density at radius 2 is 1.62 bits per heavy atom. The van der Waals surface area contributed by atoms with Gasteiger partial charge in [-0.05, 0) is 68.3 Å². The monoisotopic (exact) mass is 571 g/mol. The molecular formula is C29H34ClN3O5S. The van der Waals surface area contributed by atoms with Crippen molar-refractivity contribution in [3.8, 4) is 5.75 Å². The Bertz CT molecular complexity index is 1380. The van der Waals surface area contributed by atoms with Gasteiger partial charge >= 0.3 is 0 Å². The fourth-order valence-electron chi connectivity index (χ4n) is 4.14. The summed E-state index contributed by atoms with van der Waals surface area (Å²) in [6.07, 6.45) is 0.329. The summed E-state index contributed by atoms with van der Waals surface area (Å²) in [4.78, 5) is 28.4. The second kappa shape index (κ2) is 13.5. The highest BCUT2D eigenvalue weighted by atomic mass is 35.5. The fourth-order valence-corrected chi connectivity index (χ4v) is 5.75. The lowest BCUT2D eigenvalue weighted by Gasteiger charge is -2.33. The van der Waals surface area contributed by atoms with Crippen molar-refractivity contribution >= 4 is 39.1 Å². The average molecular weight is 572 g/mol. The van der Waals surface area contributed by atoms with Gasteiger partial charge in [-0.2, -0.15) is 0 Å². The minimum absolute atomic E-state index is 0.0369. The molecule has 3 aromatic carbocycles. The number of nitrogens with zero attached hydrogens (tertiary/aromatic N) is 2. The topological polar surface area (TPSA) is 96.0 Å². The molecule has 0 fully saturated rings. The largest absolute Gasteiger partial charge is 0.497 e. The molecule has 1 atom stereocenters. The number of carbonyl (C=O) groups is 2. The molecule has 1 unspecified atom stereocenters. The third-order valence-electron chi connectivity index (χ3n) is 6.28. The number of hydrogen-bond acceptors (Lipinski definition) is 5. The molecule has 39 heavy (non-hydrogen) atoms. The molecule has 1 N–H and O–H groups in total. The minimum atomic E-state index is -4.14. The van der Waals surface area contributed by atoms with Crippen LogP contribution in [0.2, 0.25) is 5.02 Å². The van der Waals surface area contributed by atoms with Gasteiger partial charge in [-0.1, -0.05) is 54.4 Å². The summed E-state index contributed by atoms with van der Waals surface area (Å²) < 4.78 is 34.0. The van der Waals surface area contributed by atoms with Crippen LogP contribution in [0.1, 0.15) is 31.4 Å². The lowest BCUT2D eigenvalue weighted by molar-refractivity contribution is -0.140. The lowest BCUT2D eigenvalue weighted by atomic mass is 10.1. The second-order valence-electron chi connectivity index (χ2n) is 8.95. The van der Waals surface area contributed by atoms with Gasteiger partial charge in [-0.15, -0.1) is 0 Å².